The maximum atomic E-state index is 12.1. The Morgan fingerprint density at radius 3 is 3.13 bits per heavy atom. The van der Waals surface area contributed by atoms with Gasteiger partial charge in [0.25, 0.3) is 0 Å². The Balaban J connectivity index is 1.31. The van der Waals surface area contributed by atoms with Crippen LogP contribution >= 0.6 is 11.8 Å². The molecular weight excluding hydrogens is 318 g/mol. The van der Waals surface area contributed by atoms with Crippen LogP contribution in [-0.2, 0) is 16.1 Å². The molecule has 8 heteroatoms. The van der Waals surface area contributed by atoms with Gasteiger partial charge in [0.1, 0.15) is 5.25 Å². The summed E-state index contributed by atoms with van der Waals surface area (Å²) < 4.78 is 10.6. The highest BCUT2D eigenvalue weighted by molar-refractivity contribution is 8.15. The summed E-state index contributed by atoms with van der Waals surface area (Å²) in [6.07, 6.45) is 0.170. The van der Waals surface area contributed by atoms with Crippen LogP contribution in [0.4, 0.5) is 0 Å². The number of thioether (sulfide) groups is 1. The molecule has 2 amide bonds. The Morgan fingerprint density at radius 2 is 2.26 bits per heavy atom. The molecule has 3 heterocycles. The number of amidine groups is 1. The van der Waals surface area contributed by atoms with E-state index in [0.29, 0.717) is 25.4 Å². The van der Waals surface area contributed by atoms with Gasteiger partial charge in [-0.05, 0) is 17.7 Å². The van der Waals surface area contributed by atoms with E-state index in [-0.39, 0.29) is 30.3 Å². The van der Waals surface area contributed by atoms with Crippen LogP contribution in [0.15, 0.2) is 23.2 Å². The zero-order valence-electron chi connectivity index (χ0n) is 12.3. The average molecular weight is 333 g/mol. The van der Waals surface area contributed by atoms with Crippen molar-refractivity contribution >= 4 is 28.7 Å². The molecule has 0 radical (unpaired) electrons. The van der Waals surface area contributed by atoms with Crippen molar-refractivity contribution in [2.45, 2.75) is 18.2 Å². The van der Waals surface area contributed by atoms with E-state index in [1.807, 2.05) is 18.2 Å². The fourth-order valence-corrected chi connectivity index (χ4v) is 3.90. The lowest BCUT2D eigenvalue weighted by Gasteiger charge is -2.10. The second-order valence-corrected chi connectivity index (χ2v) is 6.60. The maximum absolute atomic E-state index is 12.1. The van der Waals surface area contributed by atoms with Crippen LogP contribution < -0.4 is 14.8 Å². The summed E-state index contributed by atoms with van der Waals surface area (Å²) in [7, 11) is 0. The number of carbonyl (C=O) groups excluding carboxylic acids is 2. The van der Waals surface area contributed by atoms with Gasteiger partial charge in [0, 0.05) is 19.5 Å². The van der Waals surface area contributed by atoms with Gasteiger partial charge in [0.2, 0.25) is 18.6 Å². The molecule has 0 saturated carbocycles. The van der Waals surface area contributed by atoms with E-state index in [0.717, 1.165) is 16.5 Å². The van der Waals surface area contributed by atoms with E-state index < -0.39 is 0 Å². The normalized spacial score (nSPS) is 21.4. The van der Waals surface area contributed by atoms with Gasteiger partial charge in [-0.15, -0.1) is 0 Å². The van der Waals surface area contributed by atoms with Crippen LogP contribution in [-0.4, -0.2) is 47.0 Å². The average Bonchev–Trinajstić information content (AvgIpc) is 3.24. The predicted molar refractivity (Wildman–Crippen MR) is 84.4 cm³/mol. The van der Waals surface area contributed by atoms with Crippen LogP contribution in [0.5, 0.6) is 11.5 Å². The molecule has 0 bridgehead atoms. The third-order valence-electron chi connectivity index (χ3n) is 3.89. The number of rotatable bonds is 4. The van der Waals surface area contributed by atoms with Gasteiger partial charge in [-0.2, -0.15) is 0 Å². The van der Waals surface area contributed by atoms with E-state index in [1.165, 1.54) is 11.8 Å². The monoisotopic (exact) mass is 333 g/mol. The molecule has 7 nitrogen and oxygen atoms in total. The molecule has 0 aliphatic carbocycles. The summed E-state index contributed by atoms with van der Waals surface area (Å²) >= 11 is 1.38. The highest BCUT2D eigenvalue weighted by Gasteiger charge is 2.40. The van der Waals surface area contributed by atoms with Crippen molar-refractivity contribution in [3.8, 4) is 11.5 Å². The number of hydrogen-bond donors (Lipinski definition) is 1. The molecule has 1 atom stereocenters. The van der Waals surface area contributed by atoms with Crippen LogP contribution in [0.3, 0.4) is 0 Å². The number of nitrogens with one attached hydrogen (secondary N) is 1. The summed E-state index contributed by atoms with van der Waals surface area (Å²) in [6.45, 7) is 1.92. The Labute approximate surface area is 137 Å². The molecule has 3 aliphatic heterocycles. The number of amides is 2. The first-order chi connectivity index (χ1) is 11.2. The third kappa shape index (κ3) is 2.74. The second-order valence-electron chi connectivity index (χ2n) is 5.43. The van der Waals surface area contributed by atoms with Crippen molar-refractivity contribution in [2.75, 3.05) is 19.9 Å². The topological polar surface area (TPSA) is 80.2 Å². The van der Waals surface area contributed by atoms with Crippen molar-refractivity contribution < 1.29 is 19.1 Å². The highest BCUT2D eigenvalue weighted by Crippen LogP contribution is 2.33. The molecule has 1 N–H and O–H groups in total. The zero-order chi connectivity index (χ0) is 15.8. The minimum Gasteiger partial charge on any atom is -0.454 e. The molecule has 1 aromatic rings. The number of fused-ring (bicyclic) bond motifs is 2. The van der Waals surface area contributed by atoms with Gasteiger partial charge in [-0.1, -0.05) is 17.8 Å². The molecular formula is C15H15N3O4S. The number of hydrogen-bond acceptors (Lipinski definition) is 6. The number of benzene rings is 1. The van der Waals surface area contributed by atoms with Gasteiger partial charge in [0.05, 0.1) is 6.54 Å². The Morgan fingerprint density at radius 1 is 1.39 bits per heavy atom. The summed E-state index contributed by atoms with van der Waals surface area (Å²) in [6, 6.07) is 5.56. The first-order valence-corrected chi connectivity index (χ1v) is 8.26. The summed E-state index contributed by atoms with van der Waals surface area (Å²) in [5, 5.41) is 3.24. The third-order valence-corrected chi connectivity index (χ3v) is 5.10. The van der Waals surface area contributed by atoms with Crippen LogP contribution in [0.2, 0.25) is 0 Å². The molecule has 23 heavy (non-hydrogen) atoms. The highest BCUT2D eigenvalue weighted by atomic mass is 32.2. The molecule has 1 saturated heterocycles. The van der Waals surface area contributed by atoms with Gasteiger partial charge < -0.3 is 14.8 Å². The molecule has 1 fully saturated rings. The van der Waals surface area contributed by atoms with Gasteiger partial charge in [0.15, 0.2) is 16.7 Å². The smallest absolute Gasteiger partial charge is 0.242 e. The molecule has 1 aromatic carbocycles. The van der Waals surface area contributed by atoms with Crippen molar-refractivity contribution in [2.24, 2.45) is 4.99 Å². The van der Waals surface area contributed by atoms with Gasteiger partial charge in [-0.3, -0.25) is 19.5 Å². The van der Waals surface area contributed by atoms with Gasteiger partial charge in [-0.25, -0.2) is 0 Å². The Bertz CT molecular complexity index is 706. The molecule has 0 aromatic heterocycles. The van der Waals surface area contributed by atoms with Crippen molar-refractivity contribution in [3.05, 3.63) is 23.8 Å². The van der Waals surface area contributed by atoms with E-state index in [4.69, 9.17) is 9.47 Å². The van der Waals surface area contributed by atoms with Crippen LogP contribution in [0.25, 0.3) is 0 Å². The SMILES string of the molecule is O=C(CC1SC2=NCCN2C1=O)NCc1ccc2c(c1)OCO2. The maximum Gasteiger partial charge on any atom is 0.242 e. The lowest BCUT2D eigenvalue weighted by Crippen LogP contribution is -2.33. The van der Waals surface area contributed by atoms with E-state index in [2.05, 4.69) is 10.3 Å². The van der Waals surface area contributed by atoms with Crippen molar-refractivity contribution in [1.82, 2.24) is 10.2 Å². The largest absolute Gasteiger partial charge is 0.454 e. The lowest BCUT2D eigenvalue weighted by molar-refractivity contribution is -0.129. The van der Waals surface area contributed by atoms with Crippen LogP contribution in [0, 0.1) is 0 Å². The van der Waals surface area contributed by atoms with Crippen molar-refractivity contribution in [3.63, 3.8) is 0 Å². The van der Waals surface area contributed by atoms with E-state index >= 15 is 0 Å². The number of aliphatic imine (C=N–C) groups is 1. The number of carbonyl (C=O) groups is 2. The lowest BCUT2D eigenvalue weighted by atomic mass is 10.2. The van der Waals surface area contributed by atoms with Crippen LogP contribution in [0.1, 0.15) is 12.0 Å². The number of nitrogens with zero attached hydrogens (tertiary/aromatic N) is 2. The Hall–Kier alpha value is -2.22. The first-order valence-electron chi connectivity index (χ1n) is 7.38. The quantitative estimate of drug-likeness (QED) is 0.879. The molecule has 1 unspecified atom stereocenters. The van der Waals surface area contributed by atoms with E-state index in [1.54, 1.807) is 4.90 Å². The zero-order valence-corrected chi connectivity index (χ0v) is 13.1. The summed E-state index contributed by atoms with van der Waals surface area (Å²) in [4.78, 5) is 30.1. The standard InChI is InChI=1S/C15H15N3O4S/c19-13(6-12-14(20)18-4-3-16-15(18)23-12)17-7-9-1-2-10-11(5-9)22-8-21-10/h1-2,5,12H,3-4,6-8H2,(H,17,19). The predicted octanol–water partition coefficient (Wildman–Crippen LogP) is 0.735. The fraction of sp³-hybridized carbons (Fsp3) is 0.400. The van der Waals surface area contributed by atoms with E-state index in [9.17, 15) is 9.59 Å². The first kappa shape index (κ1) is 14.4. The molecule has 3 aliphatic rings. The second kappa shape index (κ2) is 5.77. The Kier molecular flexibility index (Phi) is 3.60. The summed E-state index contributed by atoms with van der Waals surface area (Å²) in [5.41, 5.74) is 0.929. The van der Waals surface area contributed by atoms with Gasteiger partial charge >= 0.3 is 0 Å². The molecule has 4 rings (SSSR count). The molecule has 120 valence electrons. The minimum atomic E-state index is -0.356. The number of ether oxygens (including phenoxy) is 2. The minimum absolute atomic E-state index is 0.00974. The fourth-order valence-electron chi connectivity index (χ4n) is 2.70. The molecule has 0 spiro atoms. The van der Waals surface area contributed by atoms with Crippen molar-refractivity contribution in [1.29, 1.82) is 0 Å². The summed E-state index contributed by atoms with van der Waals surface area (Å²) in [5.74, 6) is 1.26.